The van der Waals surface area contributed by atoms with E-state index in [4.69, 9.17) is 5.73 Å². The fourth-order valence-electron chi connectivity index (χ4n) is 3.12. The predicted octanol–water partition coefficient (Wildman–Crippen LogP) is 3.43. The fourth-order valence-corrected chi connectivity index (χ4v) is 3.12. The summed E-state index contributed by atoms with van der Waals surface area (Å²) >= 11 is 0. The van der Waals surface area contributed by atoms with E-state index in [9.17, 15) is 0 Å². The molecule has 1 aromatic carbocycles. The Hall–Kier alpha value is -0.860. The topological polar surface area (TPSA) is 29.3 Å². The summed E-state index contributed by atoms with van der Waals surface area (Å²) < 4.78 is 0. The first kappa shape index (κ1) is 14.5. The highest BCUT2D eigenvalue weighted by atomic mass is 15.1. The van der Waals surface area contributed by atoms with Crippen molar-refractivity contribution >= 4 is 0 Å². The summed E-state index contributed by atoms with van der Waals surface area (Å²) in [7, 11) is 0. The Bertz CT molecular complexity index is 414. The molecule has 19 heavy (non-hydrogen) atoms. The van der Waals surface area contributed by atoms with Crippen LogP contribution < -0.4 is 5.73 Å². The van der Waals surface area contributed by atoms with Gasteiger partial charge in [-0.1, -0.05) is 30.7 Å². The molecule has 0 aliphatic carbocycles. The van der Waals surface area contributed by atoms with Gasteiger partial charge in [0.1, 0.15) is 0 Å². The predicted molar refractivity (Wildman–Crippen MR) is 82.3 cm³/mol. The van der Waals surface area contributed by atoms with Crippen molar-refractivity contribution in [3.63, 3.8) is 0 Å². The molecule has 1 heterocycles. The summed E-state index contributed by atoms with van der Waals surface area (Å²) in [6.45, 7) is 10.1. The highest BCUT2D eigenvalue weighted by molar-refractivity contribution is 5.32. The van der Waals surface area contributed by atoms with Crippen LogP contribution in [0.2, 0.25) is 0 Å². The summed E-state index contributed by atoms with van der Waals surface area (Å²) in [5.74, 6) is 0.877. The Labute approximate surface area is 118 Å². The lowest BCUT2D eigenvalue weighted by atomic mass is 9.99. The Morgan fingerprint density at radius 3 is 2.79 bits per heavy atom. The van der Waals surface area contributed by atoms with Crippen molar-refractivity contribution < 1.29 is 0 Å². The van der Waals surface area contributed by atoms with Gasteiger partial charge < -0.3 is 10.6 Å². The lowest BCUT2D eigenvalue weighted by molar-refractivity contribution is 0.264. The lowest BCUT2D eigenvalue weighted by Gasteiger charge is -2.25. The minimum absolute atomic E-state index is 0.147. The van der Waals surface area contributed by atoms with Gasteiger partial charge in [-0.05, 0) is 63.2 Å². The molecule has 2 rings (SSSR count). The Kier molecular flexibility index (Phi) is 5.00. The molecule has 1 aromatic rings. The van der Waals surface area contributed by atoms with E-state index in [0.29, 0.717) is 0 Å². The van der Waals surface area contributed by atoms with Gasteiger partial charge in [-0.25, -0.2) is 0 Å². The molecule has 2 nitrogen and oxygen atoms in total. The monoisotopic (exact) mass is 260 g/mol. The van der Waals surface area contributed by atoms with Gasteiger partial charge in [-0.3, -0.25) is 0 Å². The number of aryl methyl sites for hydroxylation is 2. The second-order valence-electron chi connectivity index (χ2n) is 6.30. The highest BCUT2D eigenvalue weighted by Crippen LogP contribution is 2.21. The van der Waals surface area contributed by atoms with E-state index in [1.165, 1.54) is 49.0 Å². The number of benzene rings is 1. The van der Waals surface area contributed by atoms with Crippen LogP contribution in [0.1, 0.15) is 48.9 Å². The molecule has 0 amide bonds. The van der Waals surface area contributed by atoms with Gasteiger partial charge in [-0.2, -0.15) is 0 Å². The number of hydrogen-bond donors (Lipinski definition) is 1. The molecule has 2 atom stereocenters. The van der Waals surface area contributed by atoms with Crippen molar-refractivity contribution in [1.29, 1.82) is 0 Å². The number of rotatable bonds is 3. The number of nitrogens with zero attached hydrogens (tertiary/aromatic N) is 1. The van der Waals surface area contributed by atoms with E-state index >= 15 is 0 Å². The van der Waals surface area contributed by atoms with Gasteiger partial charge in [0.15, 0.2) is 0 Å². The number of hydrogen-bond acceptors (Lipinski definition) is 2. The van der Waals surface area contributed by atoms with Crippen LogP contribution in [0, 0.1) is 19.8 Å². The maximum atomic E-state index is 6.42. The lowest BCUT2D eigenvalue weighted by Crippen LogP contribution is -2.33. The minimum atomic E-state index is 0.147. The Morgan fingerprint density at radius 1 is 1.26 bits per heavy atom. The SMILES string of the molecule is Cc1ccc(C(N)CN2CCCC(C)CC2)c(C)c1. The van der Waals surface area contributed by atoms with Crippen molar-refractivity contribution in [3.8, 4) is 0 Å². The van der Waals surface area contributed by atoms with Crippen molar-refractivity contribution in [2.24, 2.45) is 11.7 Å². The summed E-state index contributed by atoms with van der Waals surface area (Å²) in [5.41, 5.74) is 10.4. The molecular formula is C17H28N2. The second-order valence-corrected chi connectivity index (χ2v) is 6.30. The first-order chi connectivity index (χ1) is 9.06. The fraction of sp³-hybridized carbons (Fsp3) is 0.647. The first-order valence-corrected chi connectivity index (χ1v) is 7.61. The van der Waals surface area contributed by atoms with Crippen molar-refractivity contribution in [2.75, 3.05) is 19.6 Å². The van der Waals surface area contributed by atoms with Gasteiger partial charge >= 0.3 is 0 Å². The molecule has 1 saturated heterocycles. The van der Waals surface area contributed by atoms with E-state index in [0.717, 1.165) is 12.5 Å². The van der Waals surface area contributed by atoms with Crippen molar-refractivity contribution in [2.45, 2.75) is 46.1 Å². The normalized spacial score (nSPS) is 23.1. The third-order valence-electron chi connectivity index (χ3n) is 4.39. The molecule has 0 saturated carbocycles. The quantitative estimate of drug-likeness (QED) is 0.902. The highest BCUT2D eigenvalue weighted by Gasteiger charge is 2.17. The first-order valence-electron chi connectivity index (χ1n) is 7.61. The zero-order chi connectivity index (χ0) is 13.8. The molecule has 0 bridgehead atoms. The number of likely N-dealkylation sites (tertiary alicyclic amines) is 1. The van der Waals surface area contributed by atoms with Crippen LogP contribution in [-0.2, 0) is 0 Å². The average molecular weight is 260 g/mol. The van der Waals surface area contributed by atoms with Crippen LogP contribution in [0.5, 0.6) is 0 Å². The number of nitrogens with two attached hydrogens (primary N) is 1. The molecule has 2 unspecified atom stereocenters. The van der Waals surface area contributed by atoms with Gasteiger partial charge in [-0.15, -0.1) is 0 Å². The largest absolute Gasteiger partial charge is 0.323 e. The van der Waals surface area contributed by atoms with Crippen LogP contribution in [0.25, 0.3) is 0 Å². The average Bonchev–Trinajstić information content (AvgIpc) is 2.54. The third kappa shape index (κ3) is 4.05. The molecule has 0 radical (unpaired) electrons. The van der Waals surface area contributed by atoms with E-state index < -0.39 is 0 Å². The second kappa shape index (κ2) is 6.53. The molecule has 0 aromatic heterocycles. The molecule has 1 fully saturated rings. The summed E-state index contributed by atoms with van der Waals surface area (Å²) in [5, 5.41) is 0. The van der Waals surface area contributed by atoms with Gasteiger partial charge in [0, 0.05) is 12.6 Å². The molecule has 2 heteroatoms. The molecule has 2 N–H and O–H groups in total. The Balaban J connectivity index is 1.98. The molecule has 1 aliphatic heterocycles. The van der Waals surface area contributed by atoms with E-state index in [1.807, 2.05) is 0 Å². The zero-order valence-electron chi connectivity index (χ0n) is 12.7. The van der Waals surface area contributed by atoms with Crippen LogP contribution in [0.3, 0.4) is 0 Å². The minimum Gasteiger partial charge on any atom is -0.323 e. The summed E-state index contributed by atoms with van der Waals surface area (Å²) in [4.78, 5) is 2.55. The van der Waals surface area contributed by atoms with Crippen LogP contribution in [-0.4, -0.2) is 24.5 Å². The Morgan fingerprint density at radius 2 is 2.05 bits per heavy atom. The van der Waals surface area contributed by atoms with E-state index in [-0.39, 0.29) is 6.04 Å². The summed E-state index contributed by atoms with van der Waals surface area (Å²) in [6, 6.07) is 6.76. The van der Waals surface area contributed by atoms with Gasteiger partial charge in [0.05, 0.1) is 0 Å². The zero-order valence-corrected chi connectivity index (χ0v) is 12.7. The summed E-state index contributed by atoms with van der Waals surface area (Å²) in [6.07, 6.45) is 4.01. The van der Waals surface area contributed by atoms with Gasteiger partial charge in [0.2, 0.25) is 0 Å². The van der Waals surface area contributed by atoms with E-state index in [1.54, 1.807) is 0 Å². The van der Waals surface area contributed by atoms with Crippen molar-refractivity contribution in [1.82, 2.24) is 4.90 Å². The maximum absolute atomic E-state index is 6.42. The molecular weight excluding hydrogens is 232 g/mol. The molecule has 0 spiro atoms. The maximum Gasteiger partial charge on any atom is 0.0426 e. The van der Waals surface area contributed by atoms with Crippen molar-refractivity contribution in [3.05, 3.63) is 34.9 Å². The smallest absolute Gasteiger partial charge is 0.0426 e. The van der Waals surface area contributed by atoms with E-state index in [2.05, 4.69) is 43.9 Å². The third-order valence-corrected chi connectivity index (χ3v) is 4.39. The van der Waals surface area contributed by atoms with Crippen LogP contribution in [0.15, 0.2) is 18.2 Å². The van der Waals surface area contributed by atoms with Gasteiger partial charge in [0.25, 0.3) is 0 Å². The van der Waals surface area contributed by atoms with Crippen LogP contribution >= 0.6 is 0 Å². The standard InChI is InChI=1S/C17H28N2/c1-13-5-4-9-19(10-8-13)12-17(18)16-7-6-14(2)11-15(16)3/h6-7,11,13,17H,4-5,8-10,12,18H2,1-3H3. The molecule has 106 valence electrons. The molecule has 1 aliphatic rings. The van der Waals surface area contributed by atoms with Crippen LogP contribution in [0.4, 0.5) is 0 Å².